The Balaban J connectivity index is 2.40. The summed E-state index contributed by atoms with van der Waals surface area (Å²) in [7, 11) is -2.19. The van der Waals surface area contributed by atoms with Crippen molar-refractivity contribution in [1.29, 1.82) is 0 Å². The predicted octanol–water partition coefficient (Wildman–Crippen LogP) is 2.56. The molecule has 0 saturated carbocycles. The number of carbonyl (C=O) groups excluding carboxylic acids is 1. The van der Waals surface area contributed by atoms with Crippen molar-refractivity contribution in [2.45, 2.75) is 5.16 Å². The van der Waals surface area contributed by atoms with Gasteiger partial charge in [-0.2, -0.15) is 0 Å². The third kappa shape index (κ3) is 4.18. The number of nitrogens with one attached hydrogen (secondary N) is 1. The molecule has 1 aromatic carbocycles. The van der Waals surface area contributed by atoms with Gasteiger partial charge in [0, 0.05) is 17.5 Å². The van der Waals surface area contributed by atoms with Crippen LogP contribution in [0.3, 0.4) is 0 Å². The number of sulfone groups is 1. The van der Waals surface area contributed by atoms with Crippen LogP contribution < -0.4 is 10.1 Å². The summed E-state index contributed by atoms with van der Waals surface area (Å²) in [6.45, 7) is 0. The molecule has 0 aliphatic rings. The smallest absolute Gasteiger partial charge is 0.275 e. The Morgan fingerprint density at radius 3 is 2.70 bits per heavy atom. The molecule has 122 valence electrons. The van der Waals surface area contributed by atoms with E-state index in [0.717, 1.165) is 6.26 Å². The average Bonchev–Trinajstić information content (AvgIpc) is 2.46. The first-order chi connectivity index (χ1) is 10.7. The highest BCUT2D eigenvalue weighted by molar-refractivity contribution is 9.10. The zero-order valence-electron chi connectivity index (χ0n) is 12.0. The van der Waals surface area contributed by atoms with Crippen LogP contribution in [0.2, 0.25) is 5.02 Å². The molecule has 0 bridgehead atoms. The van der Waals surface area contributed by atoms with Crippen molar-refractivity contribution in [1.82, 2.24) is 9.97 Å². The van der Waals surface area contributed by atoms with Crippen molar-refractivity contribution in [3.63, 3.8) is 0 Å². The van der Waals surface area contributed by atoms with Crippen LogP contribution in [0.1, 0.15) is 10.5 Å². The Morgan fingerprint density at radius 1 is 1.39 bits per heavy atom. The van der Waals surface area contributed by atoms with Crippen LogP contribution in [0.5, 0.6) is 5.75 Å². The van der Waals surface area contributed by atoms with E-state index in [0.29, 0.717) is 16.5 Å². The standard InChI is InChI=1S/C13H11BrClN3O4S/c1-22-10-4-3-7(15)5-9(10)17-12(19)11-8(14)6-16-13(18-11)23(2,20)21/h3-6H,1-2H3,(H,17,19). The monoisotopic (exact) mass is 419 g/mol. The molecule has 7 nitrogen and oxygen atoms in total. The molecule has 1 heterocycles. The number of hydrogen-bond acceptors (Lipinski definition) is 6. The molecule has 0 atom stereocenters. The summed E-state index contributed by atoms with van der Waals surface area (Å²) in [5.41, 5.74) is 0.207. The van der Waals surface area contributed by atoms with Crippen LogP contribution in [-0.4, -0.2) is 37.7 Å². The number of rotatable bonds is 4. The molecule has 23 heavy (non-hydrogen) atoms. The van der Waals surface area contributed by atoms with E-state index in [-0.39, 0.29) is 10.2 Å². The topological polar surface area (TPSA) is 98.2 Å². The Hall–Kier alpha value is -1.71. The molecule has 0 unspecified atom stereocenters. The highest BCUT2D eigenvalue weighted by Crippen LogP contribution is 2.28. The summed E-state index contributed by atoms with van der Waals surface area (Å²) >= 11 is 9.02. The van der Waals surface area contributed by atoms with Crippen molar-refractivity contribution in [3.05, 3.63) is 39.6 Å². The van der Waals surface area contributed by atoms with Crippen LogP contribution in [0.4, 0.5) is 5.69 Å². The second-order valence-corrected chi connectivity index (χ2v) is 7.62. The first-order valence-corrected chi connectivity index (χ1v) is 9.16. The summed E-state index contributed by atoms with van der Waals surface area (Å²) in [4.78, 5) is 19.8. The lowest BCUT2D eigenvalue weighted by Crippen LogP contribution is -2.17. The third-order valence-electron chi connectivity index (χ3n) is 2.68. The molecule has 2 rings (SSSR count). The first kappa shape index (κ1) is 17.6. The molecular formula is C13H11BrClN3O4S. The fraction of sp³-hybridized carbons (Fsp3) is 0.154. The number of anilines is 1. The highest BCUT2D eigenvalue weighted by atomic mass is 79.9. The first-order valence-electron chi connectivity index (χ1n) is 6.10. The Labute approximate surface area is 146 Å². The maximum atomic E-state index is 12.4. The number of benzene rings is 1. The van der Waals surface area contributed by atoms with E-state index >= 15 is 0 Å². The number of amides is 1. The van der Waals surface area contributed by atoms with E-state index < -0.39 is 20.9 Å². The van der Waals surface area contributed by atoms with Crippen LogP contribution in [0.15, 0.2) is 34.0 Å². The molecular weight excluding hydrogens is 410 g/mol. The zero-order chi connectivity index (χ0) is 17.2. The zero-order valence-corrected chi connectivity index (χ0v) is 15.2. The minimum Gasteiger partial charge on any atom is -0.495 e. The van der Waals surface area contributed by atoms with Gasteiger partial charge in [0.15, 0.2) is 0 Å². The number of aromatic nitrogens is 2. The number of ether oxygens (including phenoxy) is 1. The fourth-order valence-corrected chi connectivity index (χ4v) is 2.69. The number of methoxy groups -OCH3 is 1. The molecule has 2 aromatic rings. The summed E-state index contributed by atoms with van der Waals surface area (Å²) in [6, 6.07) is 4.71. The Bertz CT molecular complexity index is 874. The fourth-order valence-electron chi connectivity index (χ4n) is 1.65. The lowest BCUT2D eigenvalue weighted by molar-refractivity contribution is 0.102. The van der Waals surface area contributed by atoms with E-state index in [1.165, 1.54) is 19.4 Å². The van der Waals surface area contributed by atoms with Gasteiger partial charge >= 0.3 is 0 Å². The van der Waals surface area contributed by atoms with Crippen LogP contribution in [0, 0.1) is 0 Å². The van der Waals surface area contributed by atoms with Gasteiger partial charge in [0.1, 0.15) is 11.4 Å². The normalized spacial score (nSPS) is 11.1. The Morgan fingerprint density at radius 2 is 2.09 bits per heavy atom. The van der Waals surface area contributed by atoms with E-state index in [2.05, 4.69) is 31.2 Å². The van der Waals surface area contributed by atoms with Crippen molar-refractivity contribution < 1.29 is 17.9 Å². The highest BCUT2D eigenvalue weighted by Gasteiger charge is 2.19. The molecule has 1 aromatic heterocycles. The number of nitrogens with zero attached hydrogens (tertiary/aromatic N) is 2. The van der Waals surface area contributed by atoms with Gasteiger partial charge in [-0.3, -0.25) is 4.79 Å². The molecule has 0 radical (unpaired) electrons. The van der Waals surface area contributed by atoms with E-state index in [4.69, 9.17) is 16.3 Å². The largest absolute Gasteiger partial charge is 0.495 e. The molecule has 0 saturated heterocycles. The van der Waals surface area contributed by atoms with E-state index in [9.17, 15) is 13.2 Å². The predicted molar refractivity (Wildman–Crippen MR) is 88.8 cm³/mol. The van der Waals surface area contributed by atoms with Crippen LogP contribution >= 0.6 is 27.5 Å². The SMILES string of the molecule is COc1ccc(Cl)cc1NC(=O)c1nc(S(C)(=O)=O)ncc1Br. The van der Waals surface area contributed by atoms with Crippen molar-refractivity contribution >= 4 is 49.0 Å². The molecule has 0 fully saturated rings. The molecule has 1 N–H and O–H groups in total. The summed E-state index contributed by atoms with van der Waals surface area (Å²) in [5.74, 6) is -0.235. The van der Waals surface area contributed by atoms with E-state index in [1.54, 1.807) is 12.1 Å². The summed E-state index contributed by atoms with van der Waals surface area (Å²) in [5, 5.41) is 2.54. The second kappa shape index (κ2) is 6.81. The van der Waals surface area contributed by atoms with Gasteiger partial charge in [0.25, 0.3) is 5.91 Å². The Kier molecular flexibility index (Phi) is 5.23. The number of carbonyl (C=O) groups is 1. The van der Waals surface area contributed by atoms with Gasteiger partial charge in [0.05, 0.1) is 17.3 Å². The minimum atomic E-state index is -3.64. The van der Waals surface area contributed by atoms with Gasteiger partial charge in [-0.15, -0.1) is 0 Å². The van der Waals surface area contributed by atoms with Gasteiger partial charge in [-0.05, 0) is 34.1 Å². The molecule has 0 aliphatic carbocycles. The minimum absolute atomic E-state index is 0.123. The van der Waals surface area contributed by atoms with Crippen molar-refractivity contribution in [3.8, 4) is 5.75 Å². The lowest BCUT2D eigenvalue weighted by Gasteiger charge is -2.11. The maximum absolute atomic E-state index is 12.4. The second-order valence-electron chi connectivity index (χ2n) is 4.42. The molecule has 10 heteroatoms. The third-order valence-corrected chi connectivity index (χ3v) is 4.35. The van der Waals surface area contributed by atoms with Crippen molar-refractivity contribution in [2.24, 2.45) is 0 Å². The van der Waals surface area contributed by atoms with Crippen LogP contribution in [0.25, 0.3) is 0 Å². The molecule has 0 spiro atoms. The van der Waals surface area contributed by atoms with Gasteiger partial charge in [-0.1, -0.05) is 11.6 Å². The summed E-state index contributed by atoms with van der Waals surface area (Å²) < 4.78 is 28.4. The average molecular weight is 421 g/mol. The number of hydrogen-bond donors (Lipinski definition) is 1. The molecule has 1 amide bonds. The van der Waals surface area contributed by atoms with Gasteiger partial charge in [0.2, 0.25) is 15.0 Å². The maximum Gasteiger partial charge on any atom is 0.275 e. The van der Waals surface area contributed by atoms with Crippen LogP contribution in [-0.2, 0) is 9.84 Å². The van der Waals surface area contributed by atoms with Gasteiger partial charge in [-0.25, -0.2) is 18.4 Å². The quantitative estimate of drug-likeness (QED) is 0.763. The number of halogens is 2. The van der Waals surface area contributed by atoms with E-state index in [1.807, 2.05) is 0 Å². The molecule has 0 aliphatic heterocycles. The lowest BCUT2D eigenvalue weighted by atomic mass is 10.2. The summed E-state index contributed by atoms with van der Waals surface area (Å²) in [6.07, 6.45) is 2.16. The van der Waals surface area contributed by atoms with Gasteiger partial charge < -0.3 is 10.1 Å². The van der Waals surface area contributed by atoms with Crippen molar-refractivity contribution in [2.75, 3.05) is 18.7 Å².